The summed E-state index contributed by atoms with van der Waals surface area (Å²) in [4.78, 5) is 21.6. The number of carbonyl (C=O) groups is 2. The lowest BCUT2D eigenvalue weighted by Gasteiger charge is -2.39. The molecular formula is C10H16O9. The van der Waals surface area contributed by atoms with Crippen LogP contribution < -0.4 is 0 Å². The van der Waals surface area contributed by atoms with Crippen LogP contribution in [0.15, 0.2) is 0 Å². The van der Waals surface area contributed by atoms with Crippen LogP contribution in [0.25, 0.3) is 0 Å². The first-order chi connectivity index (χ1) is 8.79. The summed E-state index contributed by atoms with van der Waals surface area (Å²) in [6, 6.07) is 0. The van der Waals surface area contributed by atoms with Crippen molar-refractivity contribution in [2.24, 2.45) is 0 Å². The fourth-order valence-electron chi connectivity index (χ4n) is 1.66. The molecule has 0 bridgehead atoms. The Hall–Kier alpha value is -1.26. The van der Waals surface area contributed by atoms with Gasteiger partial charge in [-0.05, 0) is 6.42 Å². The largest absolute Gasteiger partial charge is 0.479 e. The van der Waals surface area contributed by atoms with Gasteiger partial charge in [0.25, 0.3) is 0 Å². The van der Waals surface area contributed by atoms with E-state index in [9.17, 15) is 24.9 Å². The van der Waals surface area contributed by atoms with Gasteiger partial charge in [-0.25, -0.2) is 9.59 Å². The molecule has 1 aliphatic rings. The van der Waals surface area contributed by atoms with Crippen LogP contribution in [0.5, 0.6) is 0 Å². The van der Waals surface area contributed by atoms with Crippen molar-refractivity contribution in [1.82, 2.24) is 0 Å². The number of carboxylic acids is 2. The molecule has 0 aromatic rings. The van der Waals surface area contributed by atoms with Crippen LogP contribution in [-0.4, -0.2) is 74.3 Å². The summed E-state index contributed by atoms with van der Waals surface area (Å²) in [5.74, 6) is -2.87. The van der Waals surface area contributed by atoms with E-state index >= 15 is 0 Å². The molecular weight excluding hydrogens is 264 g/mol. The lowest BCUT2D eigenvalue weighted by Crippen LogP contribution is -2.61. The Bertz CT molecular complexity index is 342. The molecule has 6 unspecified atom stereocenters. The highest BCUT2D eigenvalue weighted by atomic mass is 16.7. The third kappa shape index (κ3) is 3.39. The molecule has 9 nitrogen and oxygen atoms in total. The SMILES string of the molecule is CCC(OC1OC(C(=O)O)C(O)C(O)C1O)C(=O)O. The van der Waals surface area contributed by atoms with Gasteiger partial charge in [-0.1, -0.05) is 6.92 Å². The molecule has 1 heterocycles. The standard InChI is InChI=1S/C10H16O9/c1-2-3(8(14)15)18-10-6(13)4(11)5(12)7(19-10)9(16)17/h3-7,10-13H,2H2,1H3,(H,14,15)(H,16,17). The molecule has 6 atom stereocenters. The van der Waals surface area contributed by atoms with E-state index in [1.54, 1.807) is 0 Å². The van der Waals surface area contributed by atoms with E-state index in [-0.39, 0.29) is 6.42 Å². The average Bonchev–Trinajstić information content (AvgIpc) is 2.34. The summed E-state index contributed by atoms with van der Waals surface area (Å²) in [5, 5.41) is 46.1. The van der Waals surface area contributed by atoms with Crippen LogP contribution in [0, 0.1) is 0 Å². The zero-order valence-electron chi connectivity index (χ0n) is 10.0. The number of rotatable bonds is 5. The van der Waals surface area contributed by atoms with Crippen molar-refractivity contribution in [3.05, 3.63) is 0 Å². The third-order valence-corrected chi connectivity index (χ3v) is 2.76. The minimum atomic E-state index is -1.84. The molecule has 19 heavy (non-hydrogen) atoms. The van der Waals surface area contributed by atoms with Gasteiger partial charge in [-0.2, -0.15) is 0 Å². The first kappa shape index (κ1) is 15.8. The smallest absolute Gasteiger partial charge is 0.335 e. The van der Waals surface area contributed by atoms with Gasteiger partial charge in [-0.15, -0.1) is 0 Å². The van der Waals surface area contributed by atoms with Crippen molar-refractivity contribution in [3.63, 3.8) is 0 Å². The van der Waals surface area contributed by atoms with Crippen LogP contribution in [0.2, 0.25) is 0 Å². The minimum Gasteiger partial charge on any atom is -0.479 e. The minimum absolute atomic E-state index is 0.0539. The Morgan fingerprint density at radius 1 is 1.16 bits per heavy atom. The van der Waals surface area contributed by atoms with E-state index < -0.39 is 48.7 Å². The number of aliphatic carboxylic acids is 2. The Labute approximate surface area is 108 Å². The molecule has 0 amide bonds. The zero-order chi connectivity index (χ0) is 14.7. The molecule has 0 spiro atoms. The molecule has 1 rings (SSSR count). The molecule has 0 saturated carbocycles. The quantitative estimate of drug-likeness (QED) is 0.376. The van der Waals surface area contributed by atoms with Crippen molar-refractivity contribution in [2.75, 3.05) is 0 Å². The molecule has 5 N–H and O–H groups in total. The topological polar surface area (TPSA) is 154 Å². The highest BCUT2D eigenvalue weighted by molar-refractivity contribution is 5.73. The van der Waals surface area contributed by atoms with Crippen molar-refractivity contribution in [2.45, 2.75) is 50.2 Å². The maximum Gasteiger partial charge on any atom is 0.335 e. The highest BCUT2D eigenvalue weighted by Crippen LogP contribution is 2.23. The fourth-order valence-corrected chi connectivity index (χ4v) is 1.66. The molecule has 1 saturated heterocycles. The van der Waals surface area contributed by atoms with Gasteiger partial charge in [0.15, 0.2) is 18.5 Å². The summed E-state index contributed by atoms with van der Waals surface area (Å²) in [5.41, 5.74) is 0. The molecule has 1 fully saturated rings. The van der Waals surface area contributed by atoms with Gasteiger partial charge in [-0.3, -0.25) is 0 Å². The Kier molecular flexibility index (Phi) is 5.20. The lowest BCUT2D eigenvalue weighted by molar-refractivity contribution is -0.303. The van der Waals surface area contributed by atoms with Crippen LogP contribution in [0.3, 0.4) is 0 Å². The molecule has 0 aromatic heterocycles. The molecule has 1 aliphatic heterocycles. The van der Waals surface area contributed by atoms with Crippen LogP contribution in [0.4, 0.5) is 0 Å². The second kappa shape index (κ2) is 6.26. The normalized spacial score (nSPS) is 36.7. The van der Waals surface area contributed by atoms with Gasteiger partial charge >= 0.3 is 11.9 Å². The summed E-state index contributed by atoms with van der Waals surface area (Å²) in [6.07, 6.45) is -10.1. The van der Waals surface area contributed by atoms with Crippen molar-refractivity contribution in [1.29, 1.82) is 0 Å². The summed E-state index contributed by atoms with van der Waals surface area (Å²) in [7, 11) is 0. The van der Waals surface area contributed by atoms with Crippen LogP contribution >= 0.6 is 0 Å². The predicted octanol–water partition coefficient (Wildman–Crippen LogP) is -2.24. The van der Waals surface area contributed by atoms with Crippen LogP contribution in [0.1, 0.15) is 13.3 Å². The van der Waals surface area contributed by atoms with Gasteiger partial charge in [0.1, 0.15) is 18.3 Å². The molecule has 0 radical (unpaired) electrons. The van der Waals surface area contributed by atoms with Crippen LogP contribution in [-0.2, 0) is 19.1 Å². The van der Waals surface area contributed by atoms with E-state index in [1.165, 1.54) is 6.92 Å². The zero-order valence-corrected chi connectivity index (χ0v) is 10.0. The van der Waals surface area contributed by atoms with Crippen molar-refractivity contribution in [3.8, 4) is 0 Å². The number of hydrogen-bond donors (Lipinski definition) is 5. The fraction of sp³-hybridized carbons (Fsp3) is 0.800. The van der Waals surface area contributed by atoms with E-state index in [0.29, 0.717) is 0 Å². The first-order valence-corrected chi connectivity index (χ1v) is 5.60. The van der Waals surface area contributed by atoms with E-state index in [0.717, 1.165) is 0 Å². The van der Waals surface area contributed by atoms with Gasteiger partial charge in [0.2, 0.25) is 0 Å². The van der Waals surface area contributed by atoms with Gasteiger partial charge in [0, 0.05) is 0 Å². The molecule has 110 valence electrons. The summed E-state index contributed by atoms with van der Waals surface area (Å²) < 4.78 is 9.69. The number of aliphatic hydroxyl groups excluding tert-OH is 3. The van der Waals surface area contributed by atoms with Gasteiger partial charge in [0.05, 0.1) is 0 Å². The highest BCUT2D eigenvalue weighted by Gasteiger charge is 2.48. The van der Waals surface area contributed by atoms with E-state index in [1.807, 2.05) is 0 Å². The summed E-state index contributed by atoms with van der Waals surface area (Å²) in [6.45, 7) is 1.51. The van der Waals surface area contributed by atoms with Crippen molar-refractivity contribution < 1.29 is 44.6 Å². The van der Waals surface area contributed by atoms with Gasteiger partial charge < -0.3 is 35.0 Å². The Morgan fingerprint density at radius 3 is 2.16 bits per heavy atom. The van der Waals surface area contributed by atoms with E-state index in [4.69, 9.17) is 19.7 Å². The van der Waals surface area contributed by atoms with Crippen molar-refractivity contribution >= 4 is 11.9 Å². The molecule has 9 heteroatoms. The number of hydrogen-bond acceptors (Lipinski definition) is 7. The average molecular weight is 280 g/mol. The number of aliphatic hydroxyl groups is 3. The third-order valence-electron chi connectivity index (χ3n) is 2.76. The second-order valence-corrected chi connectivity index (χ2v) is 4.11. The molecule has 0 aliphatic carbocycles. The number of carboxylic acid groups (broad SMARTS) is 2. The monoisotopic (exact) mass is 280 g/mol. The van der Waals surface area contributed by atoms with E-state index in [2.05, 4.69) is 0 Å². The number of ether oxygens (including phenoxy) is 2. The Balaban J connectivity index is 2.82. The molecule has 0 aromatic carbocycles. The maximum absolute atomic E-state index is 10.8. The lowest BCUT2D eigenvalue weighted by atomic mass is 9.99. The summed E-state index contributed by atoms with van der Waals surface area (Å²) >= 11 is 0. The first-order valence-electron chi connectivity index (χ1n) is 5.60. The Morgan fingerprint density at radius 2 is 1.74 bits per heavy atom. The second-order valence-electron chi connectivity index (χ2n) is 4.11. The maximum atomic E-state index is 10.8. The predicted molar refractivity (Wildman–Crippen MR) is 57.1 cm³/mol.